The molecule has 0 saturated carbocycles. The van der Waals surface area contributed by atoms with Crippen LogP contribution >= 0.6 is 0 Å². The number of esters is 3. The number of nitrogens with two attached hydrogens (primary N) is 2. The fraction of sp³-hybridized carbons (Fsp3) is 0.378. The summed E-state index contributed by atoms with van der Waals surface area (Å²) in [5.74, 6) is -0.990. The number of carbonyl (C=O) groups excluding carboxylic acids is 3. The average molecular weight is 685 g/mol. The smallest absolute Gasteiger partial charge is 0.392 e. The Balaban J connectivity index is 1.18. The predicted octanol–water partition coefficient (Wildman–Crippen LogP) is 8.33. The van der Waals surface area contributed by atoms with E-state index in [1.807, 2.05) is 0 Å². The highest BCUT2D eigenvalue weighted by atomic mass is 19.4. The summed E-state index contributed by atoms with van der Waals surface area (Å²) in [5, 5.41) is 0. The Bertz CT molecular complexity index is 1490. The van der Waals surface area contributed by atoms with E-state index < -0.39 is 37.1 Å². The molecule has 0 aromatic heterocycles. The van der Waals surface area contributed by atoms with E-state index in [4.69, 9.17) is 30.4 Å². The Hall–Kier alpha value is -5.00. The number of anilines is 2. The standard InChI is InChI=1S/C37H43F3N2O7/c38-37(39,40)20-23-46-32-17-13-28(14-18-32)36(45)49-33-15-10-27(11-16-33)12-19-34(43)47-21-8-6-4-2-1-3-5-7-9-22-48-35(44)29-24-30(41)26-31(42)25-29/h10-19,24-26H,1-9,20-23,41-42H2/b19-12+. The number of alkyl halides is 3. The van der Waals surface area contributed by atoms with Crippen molar-refractivity contribution in [1.29, 1.82) is 0 Å². The number of nitrogen functional groups attached to an aromatic ring is 2. The summed E-state index contributed by atoms with van der Waals surface area (Å²) in [6.07, 6.45) is 6.63. The lowest BCUT2D eigenvalue weighted by atomic mass is 10.1. The van der Waals surface area contributed by atoms with Crippen molar-refractivity contribution < 1.29 is 46.5 Å². The van der Waals surface area contributed by atoms with Crippen molar-refractivity contribution in [2.24, 2.45) is 0 Å². The van der Waals surface area contributed by atoms with E-state index in [1.165, 1.54) is 30.3 Å². The third-order valence-corrected chi connectivity index (χ3v) is 7.23. The molecule has 0 unspecified atom stereocenters. The number of carbonyl (C=O) groups is 3. The highest BCUT2D eigenvalue weighted by Crippen LogP contribution is 2.22. The molecule has 3 rings (SSSR count). The Morgan fingerprint density at radius 2 is 1.14 bits per heavy atom. The summed E-state index contributed by atoms with van der Waals surface area (Å²) in [5.41, 5.74) is 13.6. The van der Waals surface area contributed by atoms with Gasteiger partial charge in [0.25, 0.3) is 0 Å². The molecule has 0 saturated heterocycles. The molecule has 0 spiro atoms. The summed E-state index contributed by atoms with van der Waals surface area (Å²) < 4.78 is 57.7. The number of hydrogen-bond acceptors (Lipinski definition) is 9. The molecule has 0 fully saturated rings. The molecule has 0 aliphatic rings. The zero-order chi connectivity index (χ0) is 35.5. The highest BCUT2D eigenvalue weighted by molar-refractivity contribution is 5.92. The molecule has 0 heterocycles. The predicted molar refractivity (Wildman–Crippen MR) is 181 cm³/mol. The Kier molecular flexibility index (Phi) is 16.0. The van der Waals surface area contributed by atoms with Crippen LogP contribution in [0.5, 0.6) is 11.5 Å². The van der Waals surface area contributed by atoms with E-state index in [2.05, 4.69) is 0 Å². The maximum atomic E-state index is 12.4. The number of unbranched alkanes of at least 4 members (excludes halogenated alkanes) is 8. The van der Waals surface area contributed by atoms with Gasteiger partial charge >= 0.3 is 24.1 Å². The van der Waals surface area contributed by atoms with Crippen LogP contribution in [0.15, 0.2) is 72.8 Å². The molecular weight excluding hydrogens is 641 g/mol. The van der Waals surface area contributed by atoms with Gasteiger partial charge in [-0.25, -0.2) is 14.4 Å². The highest BCUT2D eigenvalue weighted by Gasteiger charge is 2.26. The van der Waals surface area contributed by atoms with Gasteiger partial charge in [0, 0.05) is 17.5 Å². The molecule has 3 aromatic carbocycles. The molecular formula is C37H43F3N2O7. The second-order valence-corrected chi connectivity index (χ2v) is 11.4. The third kappa shape index (κ3) is 16.1. The van der Waals surface area contributed by atoms with Gasteiger partial charge < -0.3 is 30.4 Å². The first-order chi connectivity index (χ1) is 23.5. The van der Waals surface area contributed by atoms with Crippen molar-refractivity contribution in [3.05, 3.63) is 89.5 Å². The Labute approximate surface area is 284 Å². The fourth-order valence-electron chi connectivity index (χ4n) is 4.65. The van der Waals surface area contributed by atoms with Crippen LogP contribution in [0.1, 0.15) is 90.5 Å². The second-order valence-electron chi connectivity index (χ2n) is 11.4. The minimum Gasteiger partial charge on any atom is -0.493 e. The lowest BCUT2D eigenvalue weighted by Crippen LogP contribution is -2.13. The SMILES string of the molecule is Nc1cc(N)cc(C(=O)OCCCCCCCCCCCOC(=O)/C=C/c2ccc(OC(=O)c3ccc(OCCC(F)(F)F)cc3)cc2)c1. The molecule has 49 heavy (non-hydrogen) atoms. The van der Waals surface area contributed by atoms with Crippen molar-refractivity contribution in [2.75, 3.05) is 31.3 Å². The Morgan fingerprint density at radius 3 is 1.71 bits per heavy atom. The number of ether oxygens (including phenoxy) is 4. The van der Waals surface area contributed by atoms with Crippen LogP contribution in [0.4, 0.5) is 24.5 Å². The van der Waals surface area contributed by atoms with Gasteiger partial charge in [-0.05, 0) is 79.1 Å². The number of rotatable bonds is 20. The van der Waals surface area contributed by atoms with Gasteiger partial charge in [-0.15, -0.1) is 0 Å². The topological polar surface area (TPSA) is 140 Å². The van der Waals surface area contributed by atoms with Gasteiger partial charge in [0.15, 0.2) is 0 Å². The molecule has 0 atom stereocenters. The number of halogens is 3. The van der Waals surface area contributed by atoms with E-state index in [1.54, 1.807) is 48.5 Å². The first kappa shape index (κ1) is 38.4. The molecule has 4 N–H and O–H groups in total. The van der Waals surface area contributed by atoms with Crippen LogP contribution in [0.25, 0.3) is 6.08 Å². The molecule has 264 valence electrons. The fourth-order valence-corrected chi connectivity index (χ4v) is 4.65. The van der Waals surface area contributed by atoms with E-state index in [0.29, 0.717) is 35.7 Å². The summed E-state index contributed by atoms with van der Waals surface area (Å²) in [6, 6.07) is 16.8. The first-order valence-corrected chi connectivity index (χ1v) is 16.3. The molecule has 0 amide bonds. The van der Waals surface area contributed by atoms with E-state index in [9.17, 15) is 27.6 Å². The van der Waals surface area contributed by atoms with Gasteiger partial charge in [-0.1, -0.05) is 57.1 Å². The summed E-state index contributed by atoms with van der Waals surface area (Å²) >= 11 is 0. The first-order valence-electron chi connectivity index (χ1n) is 16.3. The van der Waals surface area contributed by atoms with Crippen LogP contribution in [0.2, 0.25) is 0 Å². The summed E-state index contributed by atoms with van der Waals surface area (Å²) in [4.78, 5) is 36.5. The van der Waals surface area contributed by atoms with Gasteiger partial charge in [0.2, 0.25) is 0 Å². The average Bonchev–Trinajstić information content (AvgIpc) is 3.05. The van der Waals surface area contributed by atoms with Gasteiger partial charge in [-0.2, -0.15) is 13.2 Å². The molecule has 0 radical (unpaired) electrons. The molecule has 0 aliphatic heterocycles. The van der Waals surface area contributed by atoms with Crippen molar-refractivity contribution in [1.82, 2.24) is 0 Å². The lowest BCUT2D eigenvalue weighted by molar-refractivity contribution is -0.140. The third-order valence-electron chi connectivity index (χ3n) is 7.23. The molecule has 0 aliphatic carbocycles. The lowest BCUT2D eigenvalue weighted by Gasteiger charge is -2.09. The minimum atomic E-state index is -4.30. The molecule has 3 aromatic rings. The van der Waals surface area contributed by atoms with Crippen LogP contribution in [-0.4, -0.2) is 43.9 Å². The van der Waals surface area contributed by atoms with Crippen LogP contribution in [0, 0.1) is 0 Å². The monoisotopic (exact) mass is 684 g/mol. The Morgan fingerprint density at radius 1 is 0.612 bits per heavy atom. The summed E-state index contributed by atoms with van der Waals surface area (Å²) in [7, 11) is 0. The minimum absolute atomic E-state index is 0.210. The van der Waals surface area contributed by atoms with Gasteiger partial charge in [-0.3, -0.25) is 0 Å². The quantitative estimate of drug-likeness (QED) is 0.0395. The van der Waals surface area contributed by atoms with Crippen molar-refractivity contribution in [2.45, 2.75) is 70.4 Å². The van der Waals surface area contributed by atoms with E-state index in [0.717, 1.165) is 57.8 Å². The van der Waals surface area contributed by atoms with Crippen molar-refractivity contribution >= 4 is 35.4 Å². The number of hydrogen-bond donors (Lipinski definition) is 2. The normalized spacial score (nSPS) is 11.3. The van der Waals surface area contributed by atoms with E-state index in [-0.39, 0.29) is 17.1 Å². The van der Waals surface area contributed by atoms with Gasteiger partial charge in [0.05, 0.1) is 37.4 Å². The zero-order valence-electron chi connectivity index (χ0n) is 27.3. The van der Waals surface area contributed by atoms with Crippen molar-refractivity contribution in [3.8, 4) is 11.5 Å². The largest absolute Gasteiger partial charge is 0.493 e. The van der Waals surface area contributed by atoms with E-state index >= 15 is 0 Å². The van der Waals surface area contributed by atoms with Gasteiger partial charge in [0.1, 0.15) is 11.5 Å². The zero-order valence-corrected chi connectivity index (χ0v) is 27.3. The maximum Gasteiger partial charge on any atom is 0.392 e. The molecule has 12 heteroatoms. The molecule has 9 nitrogen and oxygen atoms in total. The van der Waals surface area contributed by atoms with Crippen LogP contribution in [0.3, 0.4) is 0 Å². The molecule has 0 bridgehead atoms. The summed E-state index contributed by atoms with van der Waals surface area (Å²) in [6.45, 7) is 0.202. The van der Waals surface area contributed by atoms with Crippen molar-refractivity contribution in [3.63, 3.8) is 0 Å². The van der Waals surface area contributed by atoms with Crippen LogP contribution < -0.4 is 20.9 Å². The van der Waals surface area contributed by atoms with Crippen LogP contribution in [-0.2, 0) is 14.3 Å². The maximum absolute atomic E-state index is 12.4. The second kappa shape index (κ2) is 20.4. The number of benzene rings is 3.